The number of benzene rings is 1. The highest BCUT2D eigenvalue weighted by Gasteiger charge is 2.32. The summed E-state index contributed by atoms with van der Waals surface area (Å²) in [6.07, 6.45) is -3.36. The Hall–Kier alpha value is -1.81. The smallest absolute Gasteiger partial charge is 0.250 e. The Kier molecular flexibility index (Phi) is 4.85. The number of sulfonamides is 1. The van der Waals surface area contributed by atoms with E-state index in [9.17, 15) is 26.0 Å². The quantitative estimate of drug-likeness (QED) is 0.570. The topological polar surface area (TPSA) is 59.4 Å². The van der Waals surface area contributed by atoms with Crippen LogP contribution < -0.4 is 0 Å². The van der Waals surface area contributed by atoms with Gasteiger partial charge in [0, 0.05) is 16.2 Å². The van der Waals surface area contributed by atoms with Crippen molar-refractivity contribution in [2.24, 2.45) is 4.40 Å². The molecule has 1 aromatic carbocycles. The maximum atomic E-state index is 13.6. The Labute approximate surface area is 137 Å². The van der Waals surface area contributed by atoms with Crippen molar-refractivity contribution in [2.75, 3.05) is 0 Å². The average molecular weight is 411 g/mol. The first-order valence-electron chi connectivity index (χ1n) is 5.89. The lowest BCUT2D eigenvalue weighted by Gasteiger charge is -2.05. The van der Waals surface area contributed by atoms with Gasteiger partial charge in [-0.1, -0.05) is 22.0 Å². The molecule has 23 heavy (non-hydrogen) atoms. The second-order valence-electron chi connectivity index (χ2n) is 4.22. The standard InChI is InChI=1S/C13H7BrF4N2O2S/c14-10-2-1-3-11(15)9(10)7-20-23(21,22)8-4-5-12(19-6-8)13(16,17)18/h1-7H/b20-7+. The summed E-state index contributed by atoms with van der Waals surface area (Å²) in [5, 5.41) is 0. The minimum Gasteiger partial charge on any atom is -0.250 e. The first-order chi connectivity index (χ1) is 10.6. The number of rotatable bonds is 3. The van der Waals surface area contributed by atoms with Crippen LogP contribution in [0.5, 0.6) is 0 Å². The van der Waals surface area contributed by atoms with Crippen molar-refractivity contribution in [3.63, 3.8) is 0 Å². The Morgan fingerprint density at radius 1 is 1.17 bits per heavy atom. The second kappa shape index (κ2) is 6.36. The van der Waals surface area contributed by atoms with E-state index in [1.807, 2.05) is 0 Å². The molecule has 10 heteroatoms. The molecule has 2 rings (SSSR count). The van der Waals surface area contributed by atoms with Crippen LogP contribution in [0.3, 0.4) is 0 Å². The molecule has 0 radical (unpaired) electrons. The molecule has 0 bridgehead atoms. The molecule has 1 aromatic heterocycles. The number of nitrogens with zero attached hydrogens (tertiary/aromatic N) is 2. The van der Waals surface area contributed by atoms with E-state index in [4.69, 9.17) is 0 Å². The van der Waals surface area contributed by atoms with Gasteiger partial charge >= 0.3 is 6.18 Å². The van der Waals surface area contributed by atoms with Crippen LogP contribution in [0.15, 0.2) is 50.3 Å². The summed E-state index contributed by atoms with van der Waals surface area (Å²) < 4.78 is 78.1. The molecular weight excluding hydrogens is 404 g/mol. The predicted octanol–water partition coefficient (Wildman–Crippen LogP) is 3.81. The third-order valence-corrected chi connectivity index (χ3v) is 4.56. The molecule has 1 heterocycles. The molecule has 0 N–H and O–H groups in total. The van der Waals surface area contributed by atoms with Crippen LogP contribution in [0.2, 0.25) is 0 Å². The lowest BCUT2D eigenvalue weighted by molar-refractivity contribution is -0.141. The molecule has 0 saturated carbocycles. The Balaban J connectivity index is 2.34. The van der Waals surface area contributed by atoms with E-state index in [0.29, 0.717) is 12.3 Å². The minimum atomic E-state index is -4.68. The van der Waals surface area contributed by atoms with Gasteiger partial charge in [-0.3, -0.25) is 4.98 Å². The second-order valence-corrected chi connectivity index (χ2v) is 6.71. The van der Waals surface area contributed by atoms with Crippen molar-refractivity contribution in [2.45, 2.75) is 11.1 Å². The van der Waals surface area contributed by atoms with Gasteiger partial charge < -0.3 is 0 Å². The third kappa shape index (κ3) is 4.14. The van der Waals surface area contributed by atoms with Gasteiger partial charge in [0.2, 0.25) is 0 Å². The Bertz CT molecular complexity index is 829. The molecule has 0 aliphatic heterocycles. The molecule has 0 aliphatic carbocycles. The van der Waals surface area contributed by atoms with Gasteiger partial charge in [-0.05, 0) is 24.3 Å². The zero-order chi connectivity index (χ0) is 17.3. The van der Waals surface area contributed by atoms with E-state index in [1.165, 1.54) is 12.1 Å². The molecule has 4 nitrogen and oxygen atoms in total. The normalized spacial score (nSPS) is 12.7. The van der Waals surface area contributed by atoms with Crippen LogP contribution in [-0.4, -0.2) is 19.6 Å². The average Bonchev–Trinajstić information content (AvgIpc) is 2.46. The van der Waals surface area contributed by atoms with Crippen molar-refractivity contribution < 1.29 is 26.0 Å². The summed E-state index contributed by atoms with van der Waals surface area (Å²) in [4.78, 5) is 2.51. The van der Waals surface area contributed by atoms with E-state index in [-0.39, 0.29) is 10.0 Å². The van der Waals surface area contributed by atoms with E-state index in [0.717, 1.165) is 18.3 Å². The molecule has 0 fully saturated rings. The summed E-state index contributed by atoms with van der Waals surface area (Å²) in [7, 11) is -4.30. The van der Waals surface area contributed by atoms with Crippen LogP contribution in [0.4, 0.5) is 17.6 Å². The predicted molar refractivity (Wildman–Crippen MR) is 78.1 cm³/mol. The molecule has 0 aliphatic rings. The number of alkyl halides is 3. The lowest BCUT2D eigenvalue weighted by atomic mass is 10.2. The molecule has 0 saturated heterocycles. The third-order valence-electron chi connectivity index (χ3n) is 2.64. The molecule has 122 valence electrons. The highest BCUT2D eigenvalue weighted by Crippen LogP contribution is 2.28. The first kappa shape index (κ1) is 17.5. The van der Waals surface area contributed by atoms with Crippen LogP contribution in [0.1, 0.15) is 11.3 Å². The molecule has 0 atom stereocenters. The molecule has 0 spiro atoms. The summed E-state index contributed by atoms with van der Waals surface area (Å²) in [6, 6.07) is 5.26. The lowest BCUT2D eigenvalue weighted by Crippen LogP contribution is -2.08. The van der Waals surface area contributed by atoms with Crippen molar-refractivity contribution in [1.82, 2.24) is 4.98 Å². The van der Waals surface area contributed by atoms with Gasteiger partial charge in [0.1, 0.15) is 16.4 Å². The highest BCUT2D eigenvalue weighted by molar-refractivity contribution is 9.10. The molecule has 0 unspecified atom stereocenters. The van der Waals surface area contributed by atoms with Gasteiger partial charge in [0.15, 0.2) is 0 Å². The number of aromatic nitrogens is 1. The van der Waals surface area contributed by atoms with E-state index < -0.39 is 32.6 Å². The largest absolute Gasteiger partial charge is 0.433 e. The maximum absolute atomic E-state index is 13.6. The Morgan fingerprint density at radius 3 is 2.39 bits per heavy atom. The monoisotopic (exact) mass is 410 g/mol. The van der Waals surface area contributed by atoms with Crippen LogP contribution >= 0.6 is 15.9 Å². The van der Waals surface area contributed by atoms with E-state index in [2.05, 4.69) is 25.3 Å². The maximum Gasteiger partial charge on any atom is 0.433 e. The minimum absolute atomic E-state index is 0.101. The van der Waals surface area contributed by atoms with Crippen molar-refractivity contribution in [3.05, 3.63) is 58.1 Å². The molecule has 0 amide bonds. The van der Waals surface area contributed by atoms with Crippen molar-refractivity contribution in [1.29, 1.82) is 0 Å². The zero-order valence-corrected chi connectivity index (χ0v) is 13.5. The van der Waals surface area contributed by atoms with Gasteiger partial charge in [0.05, 0.1) is 6.21 Å². The number of hydrogen-bond donors (Lipinski definition) is 0. The molecule has 2 aromatic rings. The fraction of sp³-hybridized carbons (Fsp3) is 0.0769. The summed E-state index contributed by atoms with van der Waals surface area (Å²) in [5.41, 5.74) is -1.33. The summed E-state index contributed by atoms with van der Waals surface area (Å²) >= 11 is 3.04. The van der Waals surface area contributed by atoms with Crippen LogP contribution in [0, 0.1) is 5.82 Å². The SMILES string of the molecule is O=S(=O)(/N=C/c1c(F)cccc1Br)c1ccc(C(F)(F)F)nc1. The first-order valence-corrected chi connectivity index (χ1v) is 8.12. The van der Waals surface area contributed by atoms with Gasteiger partial charge in [0.25, 0.3) is 10.0 Å². The number of pyridine rings is 1. The van der Waals surface area contributed by atoms with Crippen molar-refractivity contribution >= 4 is 32.2 Å². The number of hydrogen-bond acceptors (Lipinski definition) is 3. The Morgan fingerprint density at radius 2 is 1.87 bits per heavy atom. The summed E-state index contributed by atoms with van der Waals surface area (Å²) in [6.45, 7) is 0. The van der Waals surface area contributed by atoms with Gasteiger partial charge in [-0.25, -0.2) is 4.39 Å². The van der Waals surface area contributed by atoms with Crippen molar-refractivity contribution in [3.8, 4) is 0 Å². The van der Waals surface area contributed by atoms with Gasteiger partial charge in [-0.15, -0.1) is 0 Å². The summed E-state index contributed by atoms with van der Waals surface area (Å²) in [5.74, 6) is -0.705. The number of halogens is 5. The fourth-order valence-electron chi connectivity index (χ4n) is 1.52. The molecular formula is C13H7BrF4N2O2S. The van der Waals surface area contributed by atoms with E-state index >= 15 is 0 Å². The zero-order valence-electron chi connectivity index (χ0n) is 11.1. The van der Waals surface area contributed by atoms with E-state index in [1.54, 1.807) is 0 Å². The van der Waals surface area contributed by atoms with Crippen LogP contribution in [0.25, 0.3) is 0 Å². The van der Waals surface area contributed by atoms with Crippen LogP contribution in [-0.2, 0) is 16.2 Å². The van der Waals surface area contributed by atoms with Gasteiger partial charge in [-0.2, -0.15) is 26.0 Å². The fourth-order valence-corrected chi connectivity index (χ4v) is 2.75. The highest BCUT2D eigenvalue weighted by atomic mass is 79.9.